The number of nitrogens with zero attached hydrogens (tertiary/aromatic N) is 2. The molecule has 1 unspecified atom stereocenters. The van der Waals surface area contributed by atoms with Crippen LogP contribution < -0.4 is 10.7 Å². The molecule has 0 bridgehead atoms. The van der Waals surface area contributed by atoms with Gasteiger partial charge in [0.2, 0.25) is 11.3 Å². The molecule has 1 aromatic heterocycles. The van der Waals surface area contributed by atoms with E-state index < -0.39 is 0 Å². The van der Waals surface area contributed by atoms with Crippen LogP contribution in [0.4, 0.5) is 0 Å². The number of amides is 1. The number of fused-ring (bicyclic) bond motifs is 2. The van der Waals surface area contributed by atoms with Gasteiger partial charge in [-0.3, -0.25) is 14.3 Å². The summed E-state index contributed by atoms with van der Waals surface area (Å²) in [7, 11) is 0. The summed E-state index contributed by atoms with van der Waals surface area (Å²) >= 11 is 0. The number of hydrogen-bond donors (Lipinski definition) is 1. The van der Waals surface area contributed by atoms with Crippen LogP contribution in [0, 0.1) is 0 Å². The molecular weight excluding hydrogens is 302 g/mol. The minimum absolute atomic E-state index is 0.0549. The van der Waals surface area contributed by atoms with Gasteiger partial charge in [-0.1, -0.05) is 36.4 Å². The summed E-state index contributed by atoms with van der Waals surface area (Å²) in [6.45, 7) is 0.0967. The van der Waals surface area contributed by atoms with Crippen LogP contribution in [0.5, 0.6) is 0 Å². The van der Waals surface area contributed by atoms with Gasteiger partial charge in [0.15, 0.2) is 0 Å². The first-order chi connectivity index (χ1) is 11.7. The number of para-hydroxylation sites is 1. The van der Waals surface area contributed by atoms with Crippen molar-refractivity contribution in [2.45, 2.75) is 25.4 Å². The quantitative estimate of drug-likeness (QED) is 0.805. The van der Waals surface area contributed by atoms with E-state index in [1.54, 1.807) is 10.7 Å². The van der Waals surface area contributed by atoms with Crippen molar-refractivity contribution in [3.63, 3.8) is 0 Å². The molecule has 0 saturated carbocycles. The van der Waals surface area contributed by atoms with Crippen molar-refractivity contribution in [3.8, 4) is 0 Å². The van der Waals surface area contributed by atoms with Crippen molar-refractivity contribution < 1.29 is 4.79 Å². The van der Waals surface area contributed by atoms with Crippen molar-refractivity contribution in [3.05, 3.63) is 76.1 Å². The molecule has 0 aliphatic heterocycles. The lowest BCUT2D eigenvalue weighted by Gasteiger charge is -2.15. The lowest BCUT2D eigenvalue weighted by molar-refractivity contribution is -0.122. The Kier molecular flexibility index (Phi) is 3.61. The van der Waals surface area contributed by atoms with E-state index in [0.29, 0.717) is 10.9 Å². The maximum absolute atomic E-state index is 12.5. The van der Waals surface area contributed by atoms with Crippen LogP contribution >= 0.6 is 0 Å². The van der Waals surface area contributed by atoms with Gasteiger partial charge in [-0.05, 0) is 36.1 Å². The summed E-state index contributed by atoms with van der Waals surface area (Å²) in [4.78, 5) is 24.3. The van der Waals surface area contributed by atoms with E-state index in [2.05, 4.69) is 22.5 Å². The maximum Gasteiger partial charge on any atom is 0.242 e. The fourth-order valence-electron chi connectivity index (χ4n) is 3.37. The van der Waals surface area contributed by atoms with E-state index in [4.69, 9.17) is 0 Å². The zero-order valence-electron chi connectivity index (χ0n) is 13.1. The Bertz CT molecular complexity index is 978. The molecule has 0 spiro atoms. The third kappa shape index (κ3) is 2.58. The van der Waals surface area contributed by atoms with Gasteiger partial charge in [0.05, 0.1) is 17.8 Å². The standard InChI is InChI=1S/C19H17N3O2/c23-18-11-20-22(17-8-4-3-7-15(17)18)12-19(24)21-16-10-9-13-5-1-2-6-14(13)16/h1-8,11,16H,9-10,12H2,(H,21,24). The zero-order valence-corrected chi connectivity index (χ0v) is 13.1. The second-order valence-electron chi connectivity index (χ2n) is 6.04. The van der Waals surface area contributed by atoms with Crippen molar-refractivity contribution in [1.82, 2.24) is 15.1 Å². The van der Waals surface area contributed by atoms with Gasteiger partial charge < -0.3 is 5.32 Å². The fraction of sp³-hybridized carbons (Fsp3) is 0.211. The molecule has 0 fully saturated rings. The lowest BCUT2D eigenvalue weighted by Crippen LogP contribution is -2.31. The molecule has 0 saturated heterocycles. The second-order valence-corrected chi connectivity index (χ2v) is 6.04. The van der Waals surface area contributed by atoms with Crippen LogP contribution in [0.15, 0.2) is 59.5 Å². The van der Waals surface area contributed by atoms with Gasteiger partial charge in [0.25, 0.3) is 0 Å². The van der Waals surface area contributed by atoms with Crippen molar-refractivity contribution in [2.24, 2.45) is 0 Å². The first-order valence-corrected chi connectivity index (χ1v) is 8.04. The third-order valence-electron chi connectivity index (χ3n) is 4.52. The largest absolute Gasteiger partial charge is 0.348 e. The highest BCUT2D eigenvalue weighted by molar-refractivity contribution is 5.81. The van der Waals surface area contributed by atoms with E-state index in [9.17, 15) is 9.59 Å². The molecule has 3 aromatic rings. The SMILES string of the molecule is O=C(Cn1ncc(=O)c2ccccc21)NC1CCc2ccccc21. The number of carbonyl (C=O) groups is 1. The van der Waals surface area contributed by atoms with Crippen molar-refractivity contribution in [2.75, 3.05) is 0 Å². The van der Waals surface area contributed by atoms with Crippen LogP contribution in [-0.4, -0.2) is 15.7 Å². The van der Waals surface area contributed by atoms with Crippen LogP contribution in [0.2, 0.25) is 0 Å². The van der Waals surface area contributed by atoms with Crippen molar-refractivity contribution in [1.29, 1.82) is 0 Å². The molecular formula is C19H17N3O2. The number of rotatable bonds is 3. The van der Waals surface area contributed by atoms with Gasteiger partial charge in [0.1, 0.15) is 6.54 Å². The first-order valence-electron chi connectivity index (χ1n) is 8.04. The minimum Gasteiger partial charge on any atom is -0.348 e. The first kappa shape index (κ1) is 14.6. The molecule has 1 aliphatic rings. The monoisotopic (exact) mass is 319 g/mol. The molecule has 1 aliphatic carbocycles. The maximum atomic E-state index is 12.5. The normalized spacial score (nSPS) is 16.1. The highest BCUT2D eigenvalue weighted by atomic mass is 16.2. The smallest absolute Gasteiger partial charge is 0.242 e. The molecule has 1 atom stereocenters. The van der Waals surface area contributed by atoms with Crippen LogP contribution in [0.3, 0.4) is 0 Å². The number of hydrogen-bond acceptors (Lipinski definition) is 3. The molecule has 0 radical (unpaired) electrons. The van der Waals surface area contributed by atoms with Gasteiger partial charge in [0, 0.05) is 5.39 Å². The van der Waals surface area contributed by atoms with E-state index in [-0.39, 0.29) is 23.9 Å². The minimum atomic E-state index is -0.132. The van der Waals surface area contributed by atoms with Crippen LogP contribution in [0.25, 0.3) is 10.9 Å². The molecule has 5 heteroatoms. The zero-order chi connectivity index (χ0) is 16.5. The van der Waals surface area contributed by atoms with E-state index in [0.717, 1.165) is 12.8 Å². The molecule has 2 aromatic carbocycles. The van der Waals surface area contributed by atoms with Crippen molar-refractivity contribution >= 4 is 16.8 Å². The molecule has 1 N–H and O–H groups in total. The topological polar surface area (TPSA) is 64.0 Å². The highest BCUT2D eigenvalue weighted by Gasteiger charge is 2.23. The van der Waals surface area contributed by atoms with Gasteiger partial charge >= 0.3 is 0 Å². The Labute approximate surface area is 138 Å². The van der Waals surface area contributed by atoms with Crippen LogP contribution in [-0.2, 0) is 17.8 Å². The summed E-state index contributed by atoms with van der Waals surface area (Å²) in [5.41, 5.74) is 3.04. The fourth-order valence-corrected chi connectivity index (χ4v) is 3.37. The van der Waals surface area contributed by atoms with E-state index in [1.807, 2.05) is 30.3 Å². The Morgan fingerprint density at radius 1 is 1.17 bits per heavy atom. The van der Waals surface area contributed by atoms with Gasteiger partial charge in [-0.2, -0.15) is 5.10 Å². The predicted octanol–water partition coefficient (Wildman–Crippen LogP) is 2.20. The molecule has 1 amide bonds. The Morgan fingerprint density at radius 2 is 1.96 bits per heavy atom. The van der Waals surface area contributed by atoms with Crippen LogP contribution in [0.1, 0.15) is 23.6 Å². The molecule has 5 nitrogen and oxygen atoms in total. The highest BCUT2D eigenvalue weighted by Crippen LogP contribution is 2.30. The summed E-state index contributed by atoms with van der Waals surface area (Å²) in [5.74, 6) is -0.0991. The Hall–Kier alpha value is -2.95. The number of aryl methyl sites for hydroxylation is 1. The molecule has 24 heavy (non-hydrogen) atoms. The molecule has 1 heterocycles. The average molecular weight is 319 g/mol. The number of nitrogens with one attached hydrogen (secondary N) is 1. The van der Waals surface area contributed by atoms with Gasteiger partial charge in [-0.15, -0.1) is 0 Å². The molecule has 4 rings (SSSR count). The summed E-state index contributed by atoms with van der Waals surface area (Å²) in [6, 6.07) is 15.5. The predicted molar refractivity (Wildman–Crippen MR) is 91.6 cm³/mol. The number of aromatic nitrogens is 2. The number of carbonyl (C=O) groups excluding carboxylic acids is 1. The number of benzene rings is 2. The van der Waals surface area contributed by atoms with E-state index in [1.165, 1.54) is 17.3 Å². The summed E-state index contributed by atoms with van der Waals surface area (Å²) < 4.78 is 1.58. The lowest BCUT2D eigenvalue weighted by atomic mass is 10.1. The van der Waals surface area contributed by atoms with Gasteiger partial charge in [-0.25, -0.2) is 0 Å². The molecule has 120 valence electrons. The average Bonchev–Trinajstić information content (AvgIpc) is 3.01. The summed E-state index contributed by atoms with van der Waals surface area (Å²) in [6.07, 6.45) is 3.17. The third-order valence-corrected chi connectivity index (χ3v) is 4.52. The Morgan fingerprint density at radius 3 is 2.88 bits per heavy atom. The second kappa shape index (κ2) is 5.92. The van der Waals surface area contributed by atoms with E-state index >= 15 is 0 Å². The Balaban J connectivity index is 1.56. The summed E-state index contributed by atoms with van der Waals surface area (Å²) in [5, 5.41) is 7.77.